The van der Waals surface area contributed by atoms with Crippen molar-refractivity contribution in [3.8, 4) is 11.4 Å². The number of carbonyl (C=O) groups is 2. The minimum absolute atomic E-state index is 0.0154. The smallest absolute Gasteiger partial charge is 0.255 e. The predicted octanol–water partition coefficient (Wildman–Crippen LogP) is 5.13. The molecule has 0 aliphatic heterocycles. The lowest BCUT2D eigenvalue weighted by Gasteiger charge is -2.19. The van der Waals surface area contributed by atoms with Crippen LogP contribution in [0.25, 0.3) is 11.4 Å². The van der Waals surface area contributed by atoms with Crippen molar-refractivity contribution in [1.29, 1.82) is 0 Å². The molecular formula is C30H31N5O2. The van der Waals surface area contributed by atoms with Crippen LogP contribution in [0.2, 0.25) is 0 Å². The van der Waals surface area contributed by atoms with Gasteiger partial charge in [-0.3, -0.25) is 9.59 Å². The lowest BCUT2D eigenvalue weighted by Crippen LogP contribution is -2.15. The molecule has 0 saturated carbocycles. The summed E-state index contributed by atoms with van der Waals surface area (Å²) >= 11 is 0. The molecule has 0 spiro atoms. The summed E-state index contributed by atoms with van der Waals surface area (Å²) in [7, 11) is 0. The van der Waals surface area contributed by atoms with Crippen LogP contribution in [0.4, 0.5) is 5.69 Å². The van der Waals surface area contributed by atoms with Crippen molar-refractivity contribution >= 4 is 17.4 Å². The highest BCUT2D eigenvalue weighted by molar-refractivity contribution is 6.05. The van der Waals surface area contributed by atoms with Gasteiger partial charge in [0.1, 0.15) is 12.2 Å². The Bertz CT molecular complexity index is 1420. The van der Waals surface area contributed by atoms with Gasteiger partial charge in [0.25, 0.3) is 5.91 Å². The first-order valence-electron chi connectivity index (χ1n) is 12.2. The molecule has 1 heterocycles. The zero-order valence-corrected chi connectivity index (χ0v) is 21.6. The molecule has 0 saturated heterocycles. The van der Waals surface area contributed by atoms with E-state index >= 15 is 0 Å². The van der Waals surface area contributed by atoms with Gasteiger partial charge in [0.2, 0.25) is 0 Å². The molecule has 7 nitrogen and oxygen atoms in total. The van der Waals surface area contributed by atoms with E-state index in [0.717, 1.165) is 16.7 Å². The Labute approximate surface area is 217 Å². The Morgan fingerprint density at radius 3 is 2.22 bits per heavy atom. The summed E-state index contributed by atoms with van der Waals surface area (Å²) in [4.78, 5) is 38.1. The molecule has 0 aliphatic carbocycles. The first-order chi connectivity index (χ1) is 17.7. The van der Waals surface area contributed by atoms with E-state index in [4.69, 9.17) is 5.73 Å². The minimum atomic E-state index is -0.173. The second kappa shape index (κ2) is 10.8. The van der Waals surface area contributed by atoms with Crippen molar-refractivity contribution < 1.29 is 9.59 Å². The second-order valence-electron chi connectivity index (χ2n) is 9.99. The molecular weight excluding hydrogens is 462 g/mol. The number of hydrogen-bond acceptors (Lipinski definition) is 6. The van der Waals surface area contributed by atoms with Crippen molar-refractivity contribution in [3.05, 3.63) is 107 Å². The number of anilines is 1. The monoisotopic (exact) mass is 493 g/mol. The van der Waals surface area contributed by atoms with Gasteiger partial charge in [0.15, 0.2) is 11.6 Å². The van der Waals surface area contributed by atoms with Gasteiger partial charge in [-0.25, -0.2) is 15.0 Å². The number of nitrogens with two attached hydrogens (primary N) is 1. The Hall–Kier alpha value is -4.23. The Balaban J connectivity index is 1.52. The normalized spacial score (nSPS) is 11.3. The van der Waals surface area contributed by atoms with Gasteiger partial charge in [-0.15, -0.1) is 0 Å². The largest absolute Gasteiger partial charge is 0.324 e. The number of hydrogen-bond donors (Lipinski definition) is 2. The summed E-state index contributed by atoms with van der Waals surface area (Å²) in [6.07, 6.45) is 1.98. The molecule has 37 heavy (non-hydrogen) atoms. The average molecular weight is 494 g/mol. The zero-order valence-electron chi connectivity index (χ0n) is 21.6. The molecule has 3 N–H and O–H groups in total. The van der Waals surface area contributed by atoms with E-state index in [-0.39, 0.29) is 23.7 Å². The van der Waals surface area contributed by atoms with E-state index in [0.29, 0.717) is 34.9 Å². The lowest BCUT2D eigenvalue weighted by molar-refractivity contribution is 0.0998. The maximum absolute atomic E-state index is 12.9. The van der Waals surface area contributed by atoms with E-state index in [2.05, 4.69) is 41.0 Å². The zero-order chi connectivity index (χ0) is 26.6. The highest BCUT2D eigenvalue weighted by Gasteiger charge is 2.16. The molecule has 3 aromatic carbocycles. The van der Waals surface area contributed by atoms with Crippen LogP contribution in [0.5, 0.6) is 0 Å². The molecule has 4 rings (SSSR count). The van der Waals surface area contributed by atoms with Crippen LogP contribution < -0.4 is 11.1 Å². The quantitative estimate of drug-likeness (QED) is 0.345. The fourth-order valence-electron chi connectivity index (χ4n) is 3.98. The summed E-state index contributed by atoms with van der Waals surface area (Å²) in [5.41, 5.74) is 11.2. The van der Waals surface area contributed by atoms with Crippen LogP contribution >= 0.6 is 0 Å². The van der Waals surface area contributed by atoms with Gasteiger partial charge in [-0.1, -0.05) is 69.3 Å². The number of amides is 1. The number of nitrogens with zero attached hydrogens (tertiary/aromatic N) is 3. The topological polar surface area (TPSA) is 111 Å². The predicted molar refractivity (Wildman–Crippen MR) is 146 cm³/mol. The standard InChI is InChI=1S/C30H31N5O2/c1-19-24(6-5-7-25(19)34-29(37)22-12-14-23(15-13-22)30(2,3)4)28-33-18-32-27(35-28)16-20-8-10-21(11-9-20)26(36)17-31/h5-15,18H,16-17,31H2,1-4H3,(H,34,37). The third kappa shape index (κ3) is 6.13. The molecule has 0 fully saturated rings. The number of aromatic nitrogens is 3. The van der Waals surface area contributed by atoms with Gasteiger partial charge in [-0.05, 0) is 47.2 Å². The molecule has 0 atom stereocenters. The fraction of sp³-hybridized carbons (Fsp3) is 0.233. The van der Waals surface area contributed by atoms with Crippen LogP contribution in [-0.2, 0) is 11.8 Å². The number of carbonyl (C=O) groups excluding carboxylic acids is 2. The molecule has 4 aromatic rings. The number of Topliss-reactive ketones (excluding diaryl/α,β-unsaturated/α-hetero) is 1. The highest BCUT2D eigenvalue weighted by atomic mass is 16.1. The molecule has 1 amide bonds. The van der Waals surface area contributed by atoms with Crippen LogP contribution in [0.1, 0.15) is 64.0 Å². The second-order valence-corrected chi connectivity index (χ2v) is 9.99. The summed E-state index contributed by atoms with van der Waals surface area (Å²) < 4.78 is 0. The Kier molecular flexibility index (Phi) is 7.55. The first-order valence-corrected chi connectivity index (χ1v) is 12.2. The van der Waals surface area contributed by atoms with Gasteiger partial charge in [-0.2, -0.15) is 0 Å². The number of nitrogens with one attached hydrogen (secondary N) is 1. The van der Waals surface area contributed by atoms with E-state index in [9.17, 15) is 9.59 Å². The third-order valence-corrected chi connectivity index (χ3v) is 6.28. The van der Waals surface area contributed by atoms with Gasteiger partial charge in [0, 0.05) is 28.8 Å². The van der Waals surface area contributed by atoms with Crippen LogP contribution in [-0.4, -0.2) is 33.2 Å². The van der Waals surface area contributed by atoms with Crippen LogP contribution in [0.3, 0.4) is 0 Å². The molecule has 1 aromatic heterocycles. The van der Waals surface area contributed by atoms with E-state index in [1.165, 1.54) is 11.9 Å². The number of ketones is 1. The molecule has 7 heteroatoms. The third-order valence-electron chi connectivity index (χ3n) is 6.28. The molecule has 0 aliphatic rings. The SMILES string of the molecule is Cc1c(NC(=O)c2ccc(C(C)(C)C)cc2)cccc1-c1ncnc(Cc2ccc(C(=O)CN)cc2)n1. The average Bonchev–Trinajstić information content (AvgIpc) is 2.89. The number of rotatable bonds is 7. The van der Waals surface area contributed by atoms with Crippen molar-refractivity contribution in [3.63, 3.8) is 0 Å². The Morgan fingerprint density at radius 1 is 0.892 bits per heavy atom. The molecule has 188 valence electrons. The molecule has 0 bridgehead atoms. The van der Waals surface area contributed by atoms with Crippen molar-refractivity contribution in [1.82, 2.24) is 15.0 Å². The maximum atomic E-state index is 12.9. The lowest BCUT2D eigenvalue weighted by atomic mass is 9.86. The van der Waals surface area contributed by atoms with Crippen molar-refractivity contribution in [2.75, 3.05) is 11.9 Å². The van der Waals surface area contributed by atoms with Crippen LogP contribution in [0.15, 0.2) is 73.1 Å². The highest BCUT2D eigenvalue weighted by Crippen LogP contribution is 2.27. The van der Waals surface area contributed by atoms with Gasteiger partial charge < -0.3 is 11.1 Å². The Morgan fingerprint density at radius 2 is 1.57 bits per heavy atom. The van der Waals surface area contributed by atoms with E-state index in [1.807, 2.05) is 61.5 Å². The fourth-order valence-corrected chi connectivity index (χ4v) is 3.98. The minimum Gasteiger partial charge on any atom is -0.324 e. The van der Waals surface area contributed by atoms with E-state index < -0.39 is 0 Å². The first kappa shape index (κ1) is 25.9. The molecule has 0 unspecified atom stereocenters. The summed E-state index contributed by atoms with van der Waals surface area (Å²) in [5.74, 6) is 0.866. The van der Waals surface area contributed by atoms with Crippen molar-refractivity contribution in [2.45, 2.75) is 39.5 Å². The number of benzene rings is 3. The summed E-state index contributed by atoms with van der Waals surface area (Å²) in [6, 6.07) is 20.6. The summed E-state index contributed by atoms with van der Waals surface area (Å²) in [5, 5.41) is 3.02. The van der Waals surface area contributed by atoms with Crippen LogP contribution in [0, 0.1) is 6.92 Å². The molecule has 0 radical (unpaired) electrons. The summed E-state index contributed by atoms with van der Waals surface area (Å²) in [6.45, 7) is 8.35. The van der Waals surface area contributed by atoms with Gasteiger partial charge >= 0.3 is 0 Å². The maximum Gasteiger partial charge on any atom is 0.255 e. The van der Waals surface area contributed by atoms with Crippen molar-refractivity contribution in [2.24, 2.45) is 5.73 Å². The van der Waals surface area contributed by atoms with E-state index in [1.54, 1.807) is 12.1 Å². The van der Waals surface area contributed by atoms with Gasteiger partial charge in [0.05, 0.1) is 6.54 Å².